The van der Waals surface area contributed by atoms with Crippen molar-refractivity contribution in [1.29, 1.82) is 0 Å². The summed E-state index contributed by atoms with van der Waals surface area (Å²) in [6.07, 6.45) is 1.57. The largest absolute Gasteiger partial charge is 0.503 e. The van der Waals surface area contributed by atoms with E-state index in [0.717, 1.165) is 0 Å². The van der Waals surface area contributed by atoms with Gasteiger partial charge in [0.25, 0.3) is 5.91 Å². The molecule has 2 amide bonds. The Bertz CT molecular complexity index is 949. The first-order valence-electron chi connectivity index (χ1n) is 8.90. The van der Waals surface area contributed by atoms with Gasteiger partial charge < -0.3 is 10.4 Å². The Morgan fingerprint density at radius 3 is 2.36 bits per heavy atom. The van der Waals surface area contributed by atoms with Gasteiger partial charge in [0.15, 0.2) is 11.5 Å². The van der Waals surface area contributed by atoms with E-state index in [4.69, 9.17) is 0 Å². The molecule has 0 radical (unpaired) electrons. The van der Waals surface area contributed by atoms with E-state index in [0.29, 0.717) is 17.1 Å². The Kier molecular flexibility index (Phi) is 5.26. The third-order valence-corrected chi connectivity index (χ3v) is 4.43. The van der Waals surface area contributed by atoms with Crippen LogP contribution in [0, 0.1) is 5.92 Å². The molecule has 0 spiro atoms. The zero-order chi connectivity index (χ0) is 20.4. The lowest BCUT2D eigenvalue weighted by atomic mass is 9.93. The molecule has 2 N–H and O–H groups in total. The van der Waals surface area contributed by atoms with Crippen LogP contribution in [0.3, 0.4) is 0 Å². The third kappa shape index (κ3) is 3.51. The third-order valence-electron chi connectivity index (χ3n) is 4.43. The van der Waals surface area contributed by atoms with E-state index in [1.165, 1.54) is 11.8 Å². The van der Waals surface area contributed by atoms with Crippen LogP contribution in [-0.4, -0.2) is 27.7 Å². The molecular formula is C21H21N3O4. The number of Topliss-reactive ketones (excluding diaryl/α,β-unsaturated/α-hetero) is 1. The lowest BCUT2D eigenvalue weighted by Gasteiger charge is -2.26. The van der Waals surface area contributed by atoms with Crippen LogP contribution in [0.5, 0.6) is 0 Å². The molecule has 0 fully saturated rings. The van der Waals surface area contributed by atoms with Gasteiger partial charge in [-0.25, -0.2) is 0 Å². The van der Waals surface area contributed by atoms with Crippen molar-refractivity contribution in [2.24, 2.45) is 5.92 Å². The average molecular weight is 379 g/mol. The highest BCUT2D eigenvalue weighted by Crippen LogP contribution is 2.41. The van der Waals surface area contributed by atoms with Crippen molar-refractivity contribution in [2.45, 2.75) is 26.8 Å². The molecule has 1 unspecified atom stereocenters. The van der Waals surface area contributed by atoms with Crippen LogP contribution in [0.4, 0.5) is 11.4 Å². The van der Waals surface area contributed by atoms with Crippen LogP contribution in [0.2, 0.25) is 0 Å². The van der Waals surface area contributed by atoms with Crippen LogP contribution in [0.1, 0.15) is 32.5 Å². The summed E-state index contributed by atoms with van der Waals surface area (Å²) in [4.78, 5) is 42.5. The quantitative estimate of drug-likeness (QED) is 0.831. The molecule has 7 heteroatoms. The number of nitrogens with zero attached hydrogens (tertiary/aromatic N) is 2. The zero-order valence-corrected chi connectivity index (χ0v) is 15.8. The summed E-state index contributed by atoms with van der Waals surface area (Å²) in [5, 5.41) is 13.2. The summed E-state index contributed by atoms with van der Waals surface area (Å²) in [6.45, 7) is 4.84. The molecule has 7 nitrogen and oxygen atoms in total. The van der Waals surface area contributed by atoms with Gasteiger partial charge in [0.1, 0.15) is 6.04 Å². The predicted molar refractivity (Wildman–Crippen MR) is 105 cm³/mol. The first-order valence-corrected chi connectivity index (χ1v) is 8.90. The number of aromatic nitrogens is 1. The van der Waals surface area contributed by atoms with E-state index >= 15 is 0 Å². The predicted octanol–water partition coefficient (Wildman–Crippen LogP) is 3.17. The van der Waals surface area contributed by atoms with E-state index in [9.17, 15) is 19.5 Å². The number of hydrogen-bond acceptors (Lipinski definition) is 5. The molecule has 144 valence electrons. The summed E-state index contributed by atoms with van der Waals surface area (Å²) in [7, 11) is 0. The van der Waals surface area contributed by atoms with Gasteiger partial charge in [0, 0.05) is 30.4 Å². The number of ketones is 1. The summed E-state index contributed by atoms with van der Waals surface area (Å²) < 4.78 is 0. The monoisotopic (exact) mass is 379 g/mol. The first kappa shape index (κ1) is 19.3. The van der Waals surface area contributed by atoms with Crippen molar-refractivity contribution >= 4 is 29.0 Å². The van der Waals surface area contributed by atoms with Crippen LogP contribution in [-0.2, 0) is 14.4 Å². The van der Waals surface area contributed by atoms with Gasteiger partial charge in [-0.2, -0.15) is 0 Å². The molecule has 1 atom stereocenters. The van der Waals surface area contributed by atoms with Crippen LogP contribution >= 0.6 is 0 Å². The molecular weight excluding hydrogens is 358 g/mol. The molecule has 0 aliphatic carbocycles. The van der Waals surface area contributed by atoms with E-state index in [1.807, 2.05) is 0 Å². The van der Waals surface area contributed by atoms with Gasteiger partial charge in [-0.15, -0.1) is 0 Å². The fraction of sp³-hybridized carbons (Fsp3) is 0.238. The highest BCUT2D eigenvalue weighted by atomic mass is 16.3. The first-order chi connectivity index (χ1) is 13.3. The van der Waals surface area contributed by atoms with Gasteiger partial charge in [-0.3, -0.25) is 24.3 Å². The van der Waals surface area contributed by atoms with Crippen molar-refractivity contribution in [3.8, 4) is 0 Å². The molecule has 2 aromatic rings. The fourth-order valence-electron chi connectivity index (χ4n) is 3.16. The fourth-order valence-corrected chi connectivity index (χ4v) is 3.16. The smallest absolute Gasteiger partial charge is 0.294 e. The number of benzene rings is 1. The van der Waals surface area contributed by atoms with Crippen molar-refractivity contribution in [1.82, 2.24) is 4.98 Å². The van der Waals surface area contributed by atoms with Crippen LogP contribution in [0.25, 0.3) is 0 Å². The molecule has 3 rings (SSSR count). The van der Waals surface area contributed by atoms with Crippen LogP contribution < -0.4 is 10.2 Å². The van der Waals surface area contributed by atoms with E-state index in [1.54, 1.807) is 62.5 Å². The maximum Gasteiger partial charge on any atom is 0.294 e. The number of nitrogens with one attached hydrogen (secondary N) is 1. The molecule has 0 saturated heterocycles. The second kappa shape index (κ2) is 7.64. The SMILES string of the molecule is CC(=O)Nc1ccc(N2C(=O)C(O)=C(C(=O)C(C)C)C2c2ccccn2)cc1. The maximum absolute atomic E-state index is 12.9. The summed E-state index contributed by atoms with van der Waals surface area (Å²) in [5.74, 6) is -2.12. The second-order valence-electron chi connectivity index (χ2n) is 6.84. The normalized spacial score (nSPS) is 16.6. The van der Waals surface area contributed by atoms with Crippen molar-refractivity contribution in [3.05, 3.63) is 65.7 Å². The topological polar surface area (TPSA) is 99.6 Å². The number of amides is 2. The number of hydrogen-bond donors (Lipinski definition) is 2. The number of carbonyl (C=O) groups excluding carboxylic acids is 3. The van der Waals surface area contributed by atoms with Gasteiger partial charge in [0.2, 0.25) is 5.91 Å². The Labute approximate surface area is 162 Å². The number of anilines is 2. The molecule has 0 saturated carbocycles. The van der Waals surface area contributed by atoms with Gasteiger partial charge in [-0.05, 0) is 36.4 Å². The summed E-state index contributed by atoms with van der Waals surface area (Å²) >= 11 is 0. The number of carbonyl (C=O) groups is 3. The van der Waals surface area contributed by atoms with Crippen molar-refractivity contribution in [2.75, 3.05) is 10.2 Å². The Morgan fingerprint density at radius 1 is 1.14 bits per heavy atom. The number of pyridine rings is 1. The second-order valence-corrected chi connectivity index (χ2v) is 6.84. The average Bonchev–Trinajstić information content (AvgIpc) is 2.93. The summed E-state index contributed by atoms with van der Waals surface area (Å²) in [5.41, 5.74) is 1.58. The molecule has 1 aromatic heterocycles. The lowest BCUT2D eigenvalue weighted by Crippen LogP contribution is -2.32. The molecule has 1 aromatic carbocycles. The minimum atomic E-state index is -0.824. The minimum Gasteiger partial charge on any atom is -0.503 e. The van der Waals surface area contributed by atoms with Crippen molar-refractivity contribution < 1.29 is 19.5 Å². The Balaban J connectivity index is 2.08. The highest BCUT2D eigenvalue weighted by molar-refractivity contribution is 6.16. The molecule has 28 heavy (non-hydrogen) atoms. The number of aliphatic hydroxyl groups is 1. The zero-order valence-electron chi connectivity index (χ0n) is 15.8. The Hall–Kier alpha value is -3.48. The van der Waals surface area contributed by atoms with Gasteiger partial charge in [0.05, 0.1) is 11.3 Å². The van der Waals surface area contributed by atoms with E-state index in [2.05, 4.69) is 10.3 Å². The molecule has 1 aliphatic rings. The Morgan fingerprint density at radius 2 is 1.82 bits per heavy atom. The van der Waals surface area contributed by atoms with Gasteiger partial charge >= 0.3 is 0 Å². The van der Waals surface area contributed by atoms with E-state index < -0.39 is 23.6 Å². The number of aliphatic hydroxyl groups excluding tert-OH is 1. The number of rotatable bonds is 5. The lowest BCUT2D eigenvalue weighted by molar-refractivity contribution is -0.119. The standard InChI is InChI=1S/C21H21N3O4/c1-12(2)19(26)17-18(16-6-4-5-11-22-16)24(21(28)20(17)27)15-9-7-14(8-10-15)23-13(3)25/h4-12,18,27H,1-3H3,(H,23,25). The van der Waals surface area contributed by atoms with Gasteiger partial charge in [-0.1, -0.05) is 19.9 Å². The van der Waals surface area contributed by atoms with Crippen LogP contribution in [0.15, 0.2) is 60.0 Å². The summed E-state index contributed by atoms with van der Waals surface area (Å²) in [6, 6.07) is 11.0. The van der Waals surface area contributed by atoms with E-state index in [-0.39, 0.29) is 17.3 Å². The van der Waals surface area contributed by atoms with Crippen molar-refractivity contribution in [3.63, 3.8) is 0 Å². The molecule has 0 bridgehead atoms. The molecule has 1 aliphatic heterocycles. The highest BCUT2D eigenvalue weighted by Gasteiger charge is 2.45. The minimum absolute atomic E-state index is 0.0460. The maximum atomic E-state index is 12.9. The molecule has 2 heterocycles.